The van der Waals surface area contributed by atoms with Crippen LogP contribution in [-0.2, 0) is 9.47 Å². The summed E-state index contributed by atoms with van der Waals surface area (Å²) in [4.78, 5) is 11.6. The number of nitrogens with one attached hydrogen (secondary N) is 1. The molecule has 0 amide bonds. The van der Waals surface area contributed by atoms with Crippen molar-refractivity contribution in [2.45, 2.75) is 31.9 Å². The molecule has 0 bridgehead atoms. The molecule has 0 spiro atoms. The molecule has 2 unspecified atom stereocenters. The minimum absolute atomic E-state index is 0.151. The van der Waals surface area contributed by atoms with Gasteiger partial charge in [-0.05, 0) is 31.9 Å². The van der Waals surface area contributed by atoms with Gasteiger partial charge in [-0.25, -0.2) is 4.79 Å². The molecule has 0 aliphatic carbocycles. The Hall–Kier alpha value is -1.75. The van der Waals surface area contributed by atoms with E-state index < -0.39 is 5.97 Å². The largest absolute Gasteiger partial charge is 0.465 e. The van der Waals surface area contributed by atoms with E-state index in [0.29, 0.717) is 11.3 Å². The minimum atomic E-state index is -0.425. The van der Waals surface area contributed by atoms with Crippen molar-refractivity contribution in [3.63, 3.8) is 0 Å². The quantitative estimate of drug-likeness (QED) is 0.643. The van der Waals surface area contributed by atoms with Crippen LogP contribution in [0, 0.1) is 0 Å². The third-order valence-electron chi connectivity index (χ3n) is 3.42. The van der Waals surface area contributed by atoms with E-state index in [-0.39, 0.29) is 12.1 Å². The number of nitrogen functional groups attached to an aromatic ring is 1. The Kier molecular flexibility index (Phi) is 4.27. The van der Waals surface area contributed by atoms with E-state index in [4.69, 9.17) is 15.2 Å². The number of hydrogen-bond donors (Lipinski definition) is 2. The van der Waals surface area contributed by atoms with Crippen LogP contribution in [-0.4, -0.2) is 31.8 Å². The van der Waals surface area contributed by atoms with Gasteiger partial charge in [0, 0.05) is 12.6 Å². The number of anilines is 2. The summed E-state index contributed by atoms with van der Waals surface area (Å²) in [7, 11) is 1.34. The van der Waals surface area contributed by atoms with Gasteiger partial charge in [0.25, 0.3) is 0 Å². The van der Waals surface area contributed by atoms with Crippen molar-refractivity contribution in [1.29, 1.82) is 0 Å². The van der Waals surface area contributed by atoms with E-state index in [1.54, 1.807) is 12.1 Å². The van der Waals surface area contributed by atoms with Crippen molar-refractivity contribution in [3.8, 4) is 0 Å². The van der Waals surface area contributed by atoms with E-state index in [1.807, 2.05) is 6.07 Å². The smallest absolute Gasteiger partial charge is 0.340 e. The molecule has 0 saturated carbocycles. The van der Waals surface area contributed by atoms with E-state index in [2.05, 4.69) is 12.2 Å². The molecule has 1 aliphatic rings. The van der Waals surface area contributed by atoms with Gasteiger partial charge in [0.15, 0.2) is 0 Å². The molecular formula is C14H20N2O3. The van der Waals surface area contributed by atoms with Crippen LogP contribution < -0.4 is 11.1 Å². The molecular weight excluding hydrogens is 244 g/mol. The number of carbonyl (C=O) groups excluding carboxylic acids is 1. The molecule has 2 atom stereocenters. The molecule has 1 aliphatic heterocycles. The van der Waals surface area contributed by atoms with Crippen LogP contribution in [0.1, 0.15) is 30.1 Å². The third-order valence-corrected chi connectivity index (χ3v) is 3.42. The van der Waals surface area contributed by atoms with Crippen LogP contribution in [0.25, 0.3) is 0 Å². The average Bonchev–Trinajstić information content (AvgIpc) is 2.94. The lowest BCUT2D eigenvalue weighted by atomic mass is 10.1. The number of esters is 1. The highest BCUT2D eigenvalue weighted by Crippen LogP contribution is 2.26. The molecule has 1 heterocycles. The van der Waals surface area contributed by atoms with Crippen molar-refractivity contribution in [1.82, 2.24) is 0 Å². The Morgan fingerprint density at radius 2 is 2.37 bits per heavy atom. The van der Waals surface area contributed by atoms with Crippen molar-refractivity contribution in [2.75, 3.05) is 24.8 Å². The molecule has 3 N–H and O–H groups in total. The molecule has 19 heavy (non-hydrogen) atoms. The number of rotatable bonds is 4. The predicted octanol–water partition coefficient (Wildman–Crippen LogP) is 2.03. The van der Waals surface area contributed by atoms with Crippen molar-refractivity contribution in [2.24, 2.45) is 0 Å². The SMILES string of the molecule is COC(=O)c1cccc(NC(C)C2CCCO2)c1N. The molecule has 1 fully saturated rings. The van der Waals surface area contributed by atoms with E-state index in [1.165, 1.54) is 7.11 Å². The molecule has 104 valence electrons. The lowest BCUT2D eigenvalue weighted by molar-refractivity contribution is 0.0602. The number of ether oxygens (including phenoxy) is 2. The standard InChI is InChI=1S/C14H20N2O3/c1-9(12-7-4-8-19-12)16-11-6-3-5-10(13(11)15)14(17)18-2/h3,5-6,9,12,16H,4,7-8,15H2,1-2H3. The van der Waals surface area contributed by atoms with E-state index in [0.717, 1.165) is 25.1 Å². The van der Waals surface area contributed by atoms with Crippen LogP contribution in [0.3, 0.4) is 0 Å². The first-order chi connectivity index (χ1) is 9.13. The highest BCUT2D eigenvalue weighted by atomic mass is 16.5. The summed E-state index contributed by atoms with van der Waals surface area (Å²) in [5.41, 5.74) is 7.54. The maximum Gasteiger partial charge on any atom is 0.340 e. The van der Waals surface area contributed by atoms with Crippen molar-refractivity contribution < 1.29 is 14.3 Å². The van der Waals surface area contributed by atoms with Crippen LogP contribution >= 0.6 is 0 Å². The van der Waals surface area contributed by atoms with Gasteiger partial charge in [0.1, 0.15) is 0 Å². The fourth-order valence-electron chi connectivity index (χ4n) is 2.31. The highest BCUT2D eigenvalue weighted by molar-refractivity contribution is 5.98. The monoisotopic (exact) mass is 264 g/mol. The zero-order valence-electron chi connectivity index (χ0n) is 11.3. The Balaban J connectivity index is 2.13. The average molecular weight is 264 g/mol. The maximum atomic E-state index is 11.6. The fourth-order valence-corrected chi connectivity index (χ4v) is 2.31. The Morgan fingerprint density at radius 3 is 3.00 bits per heavy atom. The highest BCUT2D eigenvalue weighted by Gasteiger charge is 2.23. The van der Waals surface area contributed by atoms with Gasteiger partial charge in [0.2, 0.25) is 0 Å². The minimum Gasteiger partial charge on any atom is -0.465 e. The second-order valence-corrected chi connectivity index (χ2v) is 4.74. The molecule has 1 aromatic carbocycles. The number of carbonyl (C=O) groups is 1. The lowest BCUT2D eigenvalue weighted by Gasteiger charge is -2.22. The molecule has 2 rings (SSSR count). The molecule has 5 nitrogen and oxygen atoms in total. The van der Waals surface area contributed by atoms with Crippen LogP contribution in [0.4, 0.5) is 11.4 Å². The number of para-hydroxylation sites is 1. The molecule has 1 saturated heterocycles. The van der Waals surface area contributed by atoms with Crippen LogP contribution in [0.5, 0.6) is 0 Å². The number of methoxy groups -OCH3 is 1. The van der Waals surface area contributed by atoms with Gasteiger partial charge in [-0.2, -0.15) is 0 Å². The van der Waals surface area contributed by atoms with Crippen LogP contribution in [0.2, 0.25) is 0 Å². The van der Waals surface area contributed by atoms with Gasteiger partial charge in [0.05, 0.1) is 30.2 Å². The number of nitrogens with two attached hydrogens (primary N) is 1. The van der Waals surface area contributed by atoms with E-state index >= 15 is 0 Å². The summed E-state index contributed by atoms with van der Waals surface area (Å²) in [5.74, 6) is -0.425. The first-order valence-corrected chi connectivity index (χ1v) is 6.48. The summed E-state index contributed by atoms with van der Waals surface area (Å²) >= 11 is 0. The van der Waals surface area contributed by atoms with Crippen molar-refractivity contribution >= 4 is 17.3 Å². The van der Waals surface area contributed by atoms with Crippen molar-refractivity contribution in [3.05, 3.63) is 23.8 Å². The summed E-state index contributed by atoms with van der Waals surface area (Å²) in [6.07, 6.45) is 2.33. The summed E-state index contributed by atoms with van der Waals surface area (Å²) in [6.45, 7) is 2.87. The predicted molar refractivity (Wildman–Crippen MR) is 74.3 cm³/mol. The lowest BCUT2D eigenvalue weighted by Crippen LogP contribution is -2.30. The second-order valence-electron chi connectivity index (χ2n) is 4.74. The van der Waals surface area contributed by atoms with Gasteiger partial charge in [-0.15, -0.1) is 0 Å². The number of hydrogen-bond acceptors (Lipinski definition) is 5. The maximum absolute atomic E-state index is 11.6. The van der Waals surface area contributed by atoms with Gasteiger partial charge >= 0.3 is 5.97 Å². The van der Waals surface area contributed by atoms with E-state index in [9.17, 15) is 4.79 Å². The summed E-state index contributed by atoms with van der Waals surface area (Å²) in [5, 5.41) is 3.31. The summed E-state index contributed by atoms with van der Waals surface area (Å²) in [6, 6.07) is 5.45. The normalized spacial score (nSPS) is 20.0. The fraction of sp³-hybridized carbons (Fsp3) is 0.500. The molecule has 1 aromatic rings. The topological polar surface area (TPSA) is 73.6 Å². The zero-order valence-corrected chi connectivity index (χ0v) is 11.3. The van der Waals surface area contributed by atoms with Gasteiger partial charge in [-0.3, -0.25) is 0 Å². The van der Waals surface area contributed by atoms with Gasteiger partial charge < -0.3 is 20.5 Å². The first kappa shape index (κ1) is 13.7. The van der Waals surface area contributed by atoms with Crippen LogP contribution in [0.15, 0.2) is 18.2 Å². The second kappa shape index (κ2) is 5.93. The Bertz CT molecular complexity index is 456. The zero-order chi connectivity index (χ0) is 13.8. The summed E-state index contributed by atoms with van der Waals surface area (Å²) < 4.78 is 10.3. The third kappa shape index (κ3) is 2.98. The molecule has 5 heteroatoms. The first-order valence-electron chi connectivity index (χ1n) is 6.48. The Morgan fingerprint density at radius 1 is 1.58 bits per heavy atom. The Labute approximate surface area is 113 Å². The van der Waals surface area contributed by atoms with Gasteiger partial charge in [-0.1, -0.05) is 6.07 Å². The molecule has 0 aromatic heterocycles. The number of benzene rings is 1. The molecule has 0 radical (unpaired) electrons.